The third-order valence-corrected chi connectivity index (χ3v) is 3.75. The lowest BCUT2D eigenvalue weighted by atomic mass is 10.0. The summed E-state index contributed by atoms with van der Waals surface area (Å²) in [5.74, 6) is 7.36. The average Bonchev–Trinajstić information content (AvgIpc) is 2.78. The highest BCUT2D eigenvalue weighted by atomic mass is 79.9. The second-order valence-electron chi connectivity index (χ2n) is 4.66. The Morgan fingerprint density at radius 1 is 1.59 bits per heavy atom. The molecule has 1 saturated heterocycles. The molecule has 0 bridgehead atoms. The lowest BCUT2D eigenvalue weighted by molar-refractivity contribution is 0.489. The molecule has 3 N–H and O–H groups in total. The number of hydrogen-bond acceptors (Lipinski definition) is 5. The van der Waals surface area contributed by atoms with Crippen LogP contribution < -0.4 is 16.2 Å². The van der Waals surface area contributed by atoms with Gasteiger partial charge in [0.1, 0.15) is 5.82 Å². The van der Waals surface area contributed by atoms with E-state index in [-0.39, 0.29) is 0 Å². The number of nitrogens with two attached hydrogens (primary N) is 1. The van der Waals surface area contributed by atoms with E-state index < -0.39 is 0 Å². The Labute approximate surface area is 110 Å². The van der Waals surface area contributed by atoms with Crippen LogP contribution in [0.3, 0.4) is 0 Å². The van der Waals surface area contributed by atoms with Crippen LogP contribution in [-0.2, 0) is 0 Å². The molecule has 0 amide bonds. The molecular formula is C11H18BrN5. The van der Waals surface area contributed by atoms with Crippen molar-refractivity contribution in [3.63, 3.8) is 0 Å². The summed E-state index contributed by atoms with van der Waals surface area (Å²) in [6, 6.07) is 0.548. The zero-order valence-electron chi connectivity index (χ0n) is 10.2. The maximum absolute atomic E-state index is 5.35. The zero-order chi connectivity index (χ0) is 12.4. The monoisotopic (exact) mass is 299 g/mol. The molecule has 1 aromatic heterocycles. The summed E-state index contributed by atoms with van der Waals surface area (Å²) in [7, 11) is 0. The summed E-state index contributed by atoms with van der Waals surface area (Å²) in [4.78, 5) is 10.9. The zero-order valence-corrected chi connectivity index (χ0v) is 11.7. The third kappa shape index (κ3) is 2.52. The smallest absolute Gasteiger partial charge is 0.239 e. The van der Waals surface area contributed by atoms with Crippen molar-refractivity contribution >= 4 is 27.7 Å². The van der Waals surface area contributed by atoms with E-state index in [9.17, 15) is 0 Å². The number of aromatic nitrogens is 2. The minimum absolute atomic E-state index is 0.456. The van der Waals surface area contributed by atoms with Gasteiger partial charge >= 0.3 is 0 Å². The number of halogens is 1. The van der Waals surface area contributed by atoms with E-state index in [0.717, 1.165) is 16.8 Å². The number of rotatable bonds is 3. The fraction of sp³-hybridized carbons (Fsp3) is 0.636. The largest absolute Gasteiger partial charge is 0.352 e. The van der Waals surface area contributed by atoms with E-state index >= 15 is 0 Å². The number of hydrazine groups is 1. The third-order valence-electron chi connectivity index (χ3n) is 3.20. The quantitative estimate of drug-likeness (QED) is 0.661. The highest BCUT2D eigenvalue weighted by molar-refractivity contribution is 9.10. The summed E-state index contributed by atoms with van der Waals surface area (Å²) in [5.41, 5.74) is 2.49. The Morgan fingerprint density at radius 3 is 3.00 bits per heavy atom. The second kappa shape index (κ2) is 5.18. The second-order valence-corrected chi connectivity index (χ2v) is 5.51. The van der Waals surface area contributed by atoms with Crippen molar-refractivity contribution in [2.75, 3.05) is 16.9 Å². The summed E-state index contributed by atoms with van der Waals surface area (Å²) in [6.07, 6.45) is 4.18. The van der Waals surface area contributed by atoms with Gasteiger partial charge in [0, 0.05) is 18.8 Å². The minimum Gasteiger partial charge on any atom is -0.352 e. The summed E-state index contributed by atoms with van der Waals surface area (Å²) in [5, 5.41) is 0. The molecule has 2 heterocycles. The van der Waals surface area contributed by atoms with Crippen LogP contribution in [-0.4, -0.2) is 22.6 Å². The van der Waals surface area contributed by atoms with Gasteiger partial charge in [0.15, 0.2) is 0 Å². The van der Waals surface area contributed by atoms with Gasteiger partial charge in [-0.25, -0.2) is 10.8 Å². The van der Waals surface area contributed by atoms with Crippen LogP contribution in [0.25, 0.3) is 0 Å². The van der Waals surface area contributed by atoms with Crippen LogP contribution in [0.1, 0.15) is 26.7 Å². The van der Waals surface area contributed by atoms with Crippen molar-refractivity contribution in [2.24, 2.45) is 11.8 Å². The molecule has 1 atom stereocenters. The van der Waals surface area contributed by atoms with Crippen LogP contribution in [0.4, 0.5) is 11.8 Å². The van der Waals surface area contributed by atoms with Crippen molar-refractivity contribution in [3.05, 3.63) is 10.7 Å². The Hall–Kier alpha value is -0.880. The predicted molar refractivity (Wildman–Crippen MR) is 72.7 cm³/mol. The maximum Gasteiger partial charge on any atom is 0.239 e. The van der Waals surface area contributed by atoms with Crippen molar-refractivity contribution in [3.8, 4) is 0 Å². The lowest BCUT2D eigenvalue weighted by Gasteiger charge is -2.29. The molecule has 0 spiro atoms. The van der Waals surface area contributed by atoms with Gasteiger partial charge < -0.3 is 4.90 Å². The molecule has 1 unspecified atom stereocenters. The Morgan fingerprint density at radius 2 is 2.35 bits per heavy atom. The van der Waals surface area contributed by atoms with Gasteiger partial charge in [0.2, 0.25) is 5.95 Å². The molecule has 6 heteroatoms. The molecule has 94 valence electrons. The van der Waals surface area contributed by atoms with Gasteiger partial charge in [0.25, 0.3) is 0 Å². The Bertz CT molecular complexity index is 395. The van der Waals surface area contributed by atoms with Gasteiger partial charge in [-0.15, -0.1) is 0 Å². The van der Waals surface area contributed by atoms with E-state index in [2.05, 4.69) is 50.1 Å². The molecule has 17 heavy (non-hydrogen) atoms. The van der Waals surface area contributed by atoms with E-state index in [4.69, 9.17) is 5.84 Å². The molecular weight excluding hydrogens is 282 g/mol. The van der Waals surface area contributed by atoms with E-state index in [1.807, 2.05) is 0 Å². The van der Waals surface area contributed by atoms with Gasteiger partial charge in [0.05, 0.1) is 4.47 Å². The number of nitrogens with one attached hydrogen (secondary N) is 1. The molecule has 1 fully saturated rings. The summed E-state index contributed by atoms with van der Waals surface area (Å²) in [6.45, 7) is 5.54. The molecule has 0 radical (unpaired) electrons. The number of anilines is 2. The van der Waals surface area contributed by atoms with Crippen molar-refractivity contribution in [1.82, 2.24) is 9.97 Å². The maximum atomic E-state index is 5.35. The van der Waals surface area contributed by atoms with Crippen LogP contribution >= 0.6 is 15.9 Å². The summed E-state index contributed by atoms with van der Waals surface area (Å²) >= 11 is 3.51. The molecule has 2 rings (SSSR count). The first-order chi connectivity index (χ1) is 8.13. The first-order valence-electron chi connectivity index (χ1n) is 5.89. The van der Waals surface area contributed by atoms with Crippen molar-refractivity contribution < 1.29 is 0 Å². The lowest BCUT2D eigenvalue weighted by Crippen LogP contribution is -2.34. The number of nitrogen functional groups attached to an aromatic ring is 1. The number of nitrogens with zero attached hydrogens (tertiary/aromatic N) is 3. The van der Waals surface area contributed by atoms with Gasteiger partial charge in [-0.1, -0.05) is 13.8 Å². The first-order valence-corrected chi connectivity index (χ1v) is 6.68. The van der Waals surface area contributed by atoms with Crippen LogP contribution in [0.2, 0.25) is 0 Å². The van der Waals surface area contributed by atoms with Crippen molar-refractivity contribution in [2.45, 2.75) is 32.7 Å². The van der Waals surface area contributed by atoms with Gasteiger partial charge in [-0.3, -0.25) is 5.43 Å². The van der Waals surface area contributed by atoms with Gasteiger partial charge in [-0.2, -0.15) is 4.98 Å². The highest BCUT2D eigenvalue weighted by Crippen LogP contribution is 2.33. The molecule has 0 aromatic carbocycles. The molecule has 0 aliphatic carbocycles. The van der Waals surface area contributed by atoms with E-state index in [0.29, 0.717) is 17.9 Å². The molecule has 0 saturated carbocycles. The van der Waals surface area contributed by atoms with Crippen LogP contribution in [0.15, 0.2) is 10.7 Å². The van der Waals surface area contributed by atoms with Crippen LogP contribution in [0.5, 0.6) is 0 Å². The molecule has 5 nitrogen and oxygen atoms in total. The Balaban J connectivity index is 2.32. The predicted octanol–water partition coefficient (Wildman–Crippen LogP) is 2.15. The highest BCUT2D eigenvalue weighted by Gasteiger charge is 2.29. The van der Waals surface area contributed by atoms with Gasteiger partial charge in [-0.05, 0) is 34.7 Å². The standard InChI is InChI=1S/C11H18BrN5/c1-7(2)9-4-3-5-17(9)10-8(12)6-14-11(15-10)16-13/h6-7,9H,3-5,13H2,1-2H3,(H,14,15,16). The van der Waals surface area contributed by atoms with E-state index in [1.54, 1.807) is 6.20 Å². The fourth-order valence-corrected chi connectivity index (χ4v) is 2.80. The first kappa shape index (κ1) is 12.6. The molecule has 1 aromatic rings. The molecule has 1 aliphatic heterocycles. The van der Waals surface area contributed by atoms with E-state index in [1.165, 1.54) is 12.8 Å². The summed E-state index contributed by atoms with van der Waals surface area (Å²) < 4.78 is 0.920. The number of hydrogen-bond donors (Lipinski definition) is 2. The Kier molecular flexibility index (Phi) is 3.83. The SMILES string of the molecule is CC(C)C1CCCN1c1nc(NN)ncc1Br. The normalized spacial score (nSPS) is 20.1. The fourth-order valence-electron chi connectivity index (χ4n) is 2.38. The van der Waals surface area contributed by atoms with Crippen molar-refractivity contribution in [1.29, 1.82) is 0 Å². The average molecular weight is 300 g/mol. The minimum atomic E-state index is 0.456. The molecule has 1 aliphatic rings. The topological polar surface area (TPSA) is 67.1 Å². The van der Waals surface area contributed by atoms with Crippen LogP contribution in [0, 0.1) is 5.92 Å².